The Hall–Kier alpha value is -2.36. The van der Waals surface area contributed by atoms with E-state index >= 15 is 0 Å². The molecule has 0 radical (unpaired) electrons. The van der Waals surface area contributed by atoms with E-state index in [1.807, 2.05) is 24.4 Å². The second-order valence-corrected chi connectivity index (χ2v) is 4.84. The van der Waals surface area contributed by atoms with Crippen molar-refractivity contribution in [3.63, 3.8) is 0 Å². The number of hydrogen-bond acceptors (Lipinski definition) is 3. The van der Waals surface area contributed by atoms with Crippen LogP contribution in [-0.2, 0) is 0 Å². The maximum Gasteiger partial charge on any atom is 0.160 e. The zero-order valence-corrected chi connectivity index (χ0v) is 10.5. The largest absolute Gasteiger partial charge is 0.385 e. The summed E-state index contributed by atoms with van der Waals surface area (Å²) in [5.41, 5.74) is 3.44. The molecular weight excluding hydrogens is 236 g/mol. The Kier molecular flexibility index (Phi) is 2.27. The van der Waals surface area contributed by atoms with Crippen molar-refractivity contribution in [2.75, 3.05) is 11.9 Å². The SMILES string of the molecule is c1ccc2c(c1)NCCC2c1nnc2ccccn12. The summed E-state index contributed by atoms with van der Waals surface area (Å²) in [5, 5.41) is 12.1. The molecule has 19 heavy (non-hydrogen) atoms. The fourth-order valence-corrected chi connectivity index (χ4v) is 2.83. The second kappa shape index (κ2) is 4.09. The quantitative estimate of drug-likeness (QED) is 0.722. The van der Waals surface area contributed by atoms with E-state index in [0.29, 0.717) is 5.92 Å². The third kappa shape index (κ3) is 1.60. The molecule has 4 nitrogen and oxygen atoms in total. The smallest absolute Gasteiger partial charge is 0.160 e. The summed E-state index contributed by atoms with van der Waals surface area (Å²) in [6.45, 7) is 0.976. The van der Waals surface area contributed by atoms with Gasteiger partial charge in [0.2, 0.25) is 0 Å². The number of anilines is 1. The molecule has 1 unspecified atom stereocenters. The first-order chi connectivity index (χ1) is 9.43. The Morgan fingerprint density at radius 3 is 2.95 bits per heavy atom. The maximum atomic E-state index is 4.40. The Morgan fingerprint density at radius 2 is 1.95 bits per heavy atom. The summed E-state index contributed by atoms with van der Waals surface area (Å²) in [6, 6.07) is 14.5. The summed E-state index contributed by atoms with van der Waals surface area (Å²) in [4.78, 5) is 0. The van der Waals surface area contributed by atoms with Crippen LogP contribution in [0.25, 0.3) is 5.65 Å². The lowest BCUT2D eigenvalue weighted by molar-refractivity contribution is 0.667. The number of para-hydroxylation sites is 1. The Morgan fingerprint density at radius 1 is 1.05 bits per heavy atom. The average molecular weight is 250 g/mol. The fourth-order valence-electron chi connectivity index (χ4n) is 2.83. The molecule has 0 amide bonds. The summed E-state index contributed by atoms with van der Waals surface area (Å²) in [5.74, 6) is 1.35. The number of rotatable bonds is 1. The van der Waals surface area contributed by atoms with Crippen molar-refractivity contribution >= 4 is 11.3 Å². The van der Waals surface area contributed by atoms with Gasteiger partial charge >= 0.3 is 0 Å². The molecule has 0 fully saturated rings. The van der Waals surface area contributed by atoms with Crippen LogP contribution in [0, 0.1) is 0 Å². The predicted molar refractivity (Wildman–Crippen MR) is 74.4 cm³/mol. The van der Waals surface area contributed by atoms with Crippen LogP contribution < -0.4 is 5.32 Å². The highest BCUT2D eigenvalue weighted by Crippen LogP contribution is 2.35. The van der Waals surface area contributed by atoms with Gasteiger partial charge in [-0.25, -0.2) is 0 Å². The van der Waals surface area contributed by atoms with Crippen molar-refractivity contribution in [2.24, 2.45) is 0 Å². The number of nitrogens with zero attached hydrogens (tertiary/aromatic N) is 3. The van der Waals surface area contributed by atoms with Gasteiger partial charge in [0.15, 0.2) is 5.65 Å². The van der Waals surface area contributed by atoms with Crippen LogP contribution in [0.2, 0.25) is 0 Å². The highest BCUT2D eigenvalue weighted by Gasteiger charge is 2.25. The van der Waals surface area contributed by atoms with Gasteiger partial charge in [0.25, 0.3) is 0 Å². The monoisotopic (exact) mass is 250 g/mol. The van der Waals surface area contributed by atoms with E-state index in [-0.39, 0.29) is 0 Å². The molecule has 1 N–H and O–H groups in total. The number of nitrogens with one attached hydrogen (secondary N) is 1. The first kappa shape index (κ1) is 10.6. The van der Waals surface area contributed by atoms with Crippen molar-refractivity contribution < 1.29 is 0 Å². The van der Waals surface area contributed by atoms with E-state index in [9.17, 15) is 0 Å². The minimum absolute atomic E-state index is 0.315. The minimum Gasteiger partial charge on any atom is -0.385 e. The minimum atomic E-state index is 0.315. The number of benzene rings is 1. The van der Waals surface area contributed by atoms with Crippen LogP contribution in [0.15, 0.2) is 48.7 Å². The Bertz CT molecular complexity index is 732. The number of pyridine rings is 1. The van der Waals surface area contributed by atoms with Gasteiger partial charge in [0, 0.05) is 24.3 Å². The molecule has 0 saturated carbocycles. The molecule has 4 heteroatoms. The van der Waals surface area contributed by atoms with E-state index in [1.54, 1.807) is 0 Å². The molecular formula is C15H14N4. The molecule has 0 saturated heterocycles. The highest BCUT2D eigenvalue weighted by molar-refractivity contribution is 5.56. The van der Waals surface area contributed by atoms with Crippen molar-refractivity contribution in [1.82, 2.24) is 14.6 Å². The van der Waals surface area contributed by atoms with Crippen molar-refractivity contribution in [1.29, 1.82) is 0 Å². The van der Waals surface area contributed by atoms with Gasteiger partial charge in [-0.3, -0.25) is 4.40 Å². The van der Waals surface area contributed by atoms with Gasteiger partial charge in [-0.15, -0.1) is 10.2 Å². The predicted octanol–water partition coefficient (Wildman–Crippen LogP) is 2.68. The molecule has 0 aliphatic carbocycles. The summed E-state index contributed by atoms with van der Waals surface area (Å²) in [6.07, 6.45) is 3.09. The fraction of sp³-hybridized carbons (Fsp3) is 0.200. The summed E-state index contributed by atoms with van der Waals surface area (Å²) in [7, 11) is 0. The average Bonchev–Trinajstić information content (AvgIpc) is 2.90. The standard InChI is InChI=1S/C15H14N4/c1-2-6-13-11(5-1)12(8-9-16-13)15-18-17-14-7-3-4-10-19(14)15/h1-7,10,12,16H,8-9H2. The third-order valence-electron chi connectivity index (χ3n) is 3.74. The van der Waals surface area contributed by atoms with E-state index < -0.39 is 0 Å². The van der Waals surface area contributed by atoms with Crippen LogP contribution >= 0.6 is 0 Å². The first-order valence-electron chi connectivity index (χ1n) is 6.56. The van der Waals surface area contributed by atoms with Gasteiger partial charge in [-0.2, -0.15) is 0 Å². The molecule has 1 aromatic carbocycles. The Labute approximate surface area is 111 Å². The molecule has 1 atom stereocenters. The molecule has 4 rings (SSSR count). The van der Waals surface area contributed by atoms with E-state index in [4.69, 9.17) is 0 Å². The molecule has 0 spiro atoms. The molecule has 3 aromatic rings. The zero-order valence-electron chi connectivity index (χ0n) is 10.5. The molecule has 0 bridgehead atoms. The van der Waals surface area contributed by atoms with Crippen LogP contribution in [-0.4, -0.2) is 21.1 Å². The molecule has 3 heterocycles. The van der Waals surface area contributed by atoms with Gasteiger partial charge < -0.3 is 5.32 Å². The molecule has 2 aromatic heterocycles. The summed E-state index contributed by atoms with van der Waals surface area (Å²) < 4.78 is 2.09. The molecule has 1 aliphatic rings. The van der Waals surface area contributed by atoms with Crippen LogP contribution in [0.5, 0.6) is 0 Å². The third-order valence-corrected chi connectivity index (χ3v) is 3.74. The lowest BCUT2D eigenvalue weighted by atomic mass is 9.90. The number of aromatic nitrogens is 3. The van der Waals surface area contributed by atoms with E-state index in [2.05, 4.69) is 44.2 Å². The Balaban J connectivity index is 1.90. The van der Waals surface area contributed by atoms with Crippen LogP contribution in [0.3, 0.4) is 0 Å². The number of hydrogen-bond donors (Lipinski definition) is 1. The van der Waals surface area contributed by atoms with Crippen LogP contribution in [0.4, 0.5) is 5.69 Å². The van der Waals surface area contributed by atoms with Gasteiger partial charge in [0.05, 0.1) is 0 Å². The first-order valence-corrected chi connectivity index (χ1v) is 6.56. The van der Waals surface area contributed by atoms with E-state index in [1.165, 1.54) is 11.3 Å². The second-order valence-electron chi connectivity index (χ2n) is 4.84. The topological polar surface area (TPSA) is 42.2 Å². The van der Waals surface area contributed by atoms with Crippen molar-refractivity contribution in [2.45, 2.75) is 12.3 Å². The lowest BCUT2D eigenvalue weighted by Gasteiger charge is -2.25. The van der Waals surface area contributed by atoms with Crippen molar-refractivity contribution in [3.05, 3.63) is 60.0 Å². The molecule has 94 valence electrons. The maximum absolute atomic E-state index is 4.40. The molecule has 1 aliphatic heterocycles. The number of fused-ring (bicyclic) bond motifs is 2. The van der Waals surface area contributed by atoms with Gasteiger partial charge in [0.1, 0.15) is 5.82 Å². The van der Waals surface area contributed by atoms with E-state index in [0.717, 1.165) is 24.4 Å². The summed E-state index contributed by atoms with van der Waals surface area (Å²) >= 11 is 0. The van der Waals surface area contributed by atoms with Crippen LogP contribution in [0.1, 0.15) is 23.7 Å². The normalized spacial score (nSPS) is 18.0. The highest BCUT2D eigenvalue weighted by atomic mass is 15.2. The lowest BCUT2D eigenvalue weighted by Crippen LogP contribution is -2.19. The van der Waals surface area contributed by atoms with Gasteiger partial charge in [-0.05, 0) is 30.2 Å². The van der Waals surface area contributed by atoms with Gasteiger partial charge in [-0.1, -0.05) is 24.3 Å². The van der Waals surface area contributed by atoms with Crippen molar-refractivity contribution in [3.8, 4) is 0 Å². The zero-order chi connectivity index (χ0) is 12.7.